The molecule has 1 atom stereocenters. The maximum Gasteiger partial charge on any atom is 0.128 e. The lowest BCUT2D eigenvalue weighted by atomic mass is 10.1. The summed E-state index contributed by atoms with van der Waals surface area (Å²) < 4.78 is 0. The average Bonchev–Trinajstić information content (AvgIpc) is 2.59. The van der Waals surface area contributed by atoms with E-state index in [0.29, 0.717) is 0 Å². The first-order chi connectivity index (χ1) is 7.18. The van der Waals surface area contributed by atoms with Crippen molar-refractivity contribution in [1.82, 2.24) is 9.97 Å². The summed E-state index contributed by atoms with van der Waals surface area (Å²) in [5, 5.41) is 0. The van der Waals surface area contributed by atoms with Gasteiger partial charge in [0.1, 0.15) is 5.82 Å². The Bertz CT molecular complexity index is 426. The molecule has 78 valence electrons. The van der Waals surface area contributed by atoms with Gasteiger partial charge in [-0.25, -0.2) is 4.98 Å². The van der Waals surface area contributed by atoms with Gasteiger partial charge in [-0.3, -0.25) is 0 Å². The number of nitrogens with one attached hydrogen (secondary N) is 1. The number of H-pyrrole nitrogens is 1. The first kappa shape index (κ1) is 9.93. The average molecular weight is 201 g/mol. The van der Waals surface area contributed by atoms with Crippen LogP contribution in [-0.4, -0.2) is 9.97 Å². The Labute approximate surface area is 89.4 Å². The Morgan fingerprint density at radius 2 is 1.87 bits per heavy atom. The van der Waals surface area contributed by atoms with E-state index in [1.807, 2.05) is 44.2 Å². The fraction of sp³-hybridized carbons (Fsp3) is 0.250. The van der Waals surface area contributed by atoms with Crippen molar-refractivity contribution in [2.45, 2.75) is 19.9 Å². The molecule has 1 aromatic heterocycles. The molecule has 2 rings (SSSR count). The van der Waals surface area contributed by atoms with E-state index in [0.717, 1.165) is 22.8 Å². The molecule has 0 fully saturated rings. The summed E-state index contributed by atoms with van der Waals surface area (Å²) in [5.74, 6) is 0.830. The summed E-state index contributed by atoms with van der Waals surface area (Å²) in [5.41, 5.74) is 9.27. The first-order valence-corrected chi connectivity index (χ1v) is 5.02. The summed E-state index contributed by atoms with van der Waals surface area (Å²) in [4.78, 5) is 7.61. The van der Waals surface area contributed by atoms with Gasteiger partial charge in [-0.15, -0.1) is 0 Å². The summed E-state index contributed by atoms with van der Waals surface area (Å²) in [6.07, 6.45) is 0. The molecule has 0 aliphatic rings. The molecule has 3 nitrogen and oxygen atoms in total. The number of aryl methyl sites for hydroxylation is 2. The third kappa shape index (κ3) is 1.92. The third-order valence-electron chi connectivity index (χ3n) is 2.60. The quantitative estimate of drug-likeness (QED) is 0.781. The van der Waals surface area contributed by atoms with Crippen LogP contribution in [0.15, 0.2) is 30.3 Å². The van der Waals surface area contributed by atoms with Crippen LogP contribution in [0.4, 0.5) is 0 Å². The van der Waals surface area contributed by atoms with Crippen molar-refractivity contribution in [3.8, 4) is 0 Å². The Morgan fingerprint density at radius 1 is 1.20 bits per heavy atom. The second-order valence-corrected chi connectivity index (χ2v) is 3.72. The van der Waals surface area contributed by atoms with Gasteiger partial charge in [0.2, 0.25) is 0 Å². The first-order valence-electron chi connectivity index (χ1n) is 5.02. The highest BCUT2D eigenvalue weighted by Gasteiger charge is 2.12. The molecular weight excluding hydrogens is 186 g/mol. The molecule has 1 unspecified atom stereocenters. The van der Waals surface area contributed by atoms with Crippen LogP contribution in [0.5, 0.6) is 0 Å². The van der Waals surface area contributed by atoms with Crippen LogP contribution in [0.3, 0.4) is 0 Å². The van der Waals surface area contributed by atoms with Crippen molar-refractivity contribution in [2.24, 2.45) is 5.73 Å². The normalized spacial score (nSPS) is 12.7. The molecule has 0 amide bonds. The van der Waals surface area contributed by atoms with Crippen molar-refractivity contribution in [2.75, 3.05) is 0 Å². The van der Waals surface area contributed by atoms with Gasteiger partial charge in [-0.2, -0.15) is 0 Å². The molecule has 0 bridgehead atoms. The minimum absolute atomic E-state index is 0.168. The predicted molar refractivity (Wildman–Crippen MR) is 60.5 cm³/mol. The summed E-state index contributed by atoms with van der Waals surface area (Å²) >= 11 is 0. The van der Waals surface area contributed by atoms with Crippen LogP contribution >= 0.6 is 0 Å². The lowest BCUT2D eigenvalue weighted by molar-refractivity contribution is 0.797. The molecule has 0 radical (unpaired) electrons. The van der Waals surface area contributed by atoms with Crippen LogP contribution in [0.25, 0.3) is 0 Å². The number of rotatable bonds is 2. The third-order valence-corrected chi connectivity index (χ3v) is 2.60. The van der Waals surface area contributed by atoms with Gasteiger partial charge in [0.05, 0.1) is 11.7 Å². The van der Waals surface area contributed by atoms with Gasteiger partial charge < -0.3 is 10.7 Å². The standard InChI is InChI=1S/C12H15N3/c1-8-9(2)15-12(14-8)11(13)10-6-4-3-5-7-10/h3-7,11H,13H2,1-2H3,(H,14,15). The van der Waals surface area contributed by atoms with Crippen LogP contribution in [0.2, 0.25) is 0 Å². The molecule has 0 spiro atoms. The number of hydrogen-bond acceptors (Lipinski definition) is 2. The summed E-state index contributed by atoms with van der Waals surface area (Å²) in [6, 6.07) is 9.80. The molecule has 0 aliphatic carbocycles. The molecule has 3 N–H and O–H groups in total. The monoisotopic (exact) mass is 201 g/mol. The highest BCUT2D eigenvalue weighted by molar-refractivity contribution is 5.26. The molecule has 2 aromatic rings. The van der Waals surface area contributed by atoms with Crippen molar-refractivity contribution >= 4 is 0 Å². The zero-order valence-corrected chi connectivity index (χ0v) is 8.99. The van der Waals surface area contributed by atoms with Gasteiger partial charge >= 0.3 is 0 Å². The fourth-order valence-corrected chi connectivity index (χ4v) is 1.54. The van der Waals surface area contributed by atoms with Crippen LogP contribution in [-0.2, 0) is 0 Å². The lowest BCUT2D eigenvalue weighted by Crippen LogP contribution is -2.13. The van der Waals surface area contributed by atoms with Crippen molar-refractivity contribution in [3.63, 3.8) is 0 Å². The topological polar surface area (TPSA) is 54.7 Å². The number of aromatic nitrogens is 2. The number of nitrogens with zero attached hydrogens (tertiary/aromatic N) is 1. The van der Waals surface area contributed by atoms with Crippen molar-refractivity contribution in [1.29, 1.82) is 0 Å². The second kappa shape index (κ2) is 3.87. The molecule has 0 saturated heterocycles. The highest BCUT2D eigenvalue weighted by atomic mass is 15.0. The predicted octanol–water partition coefficient (Wildman–Crippen LogP) is 2.07. The number of nitrogens with two attached hydrogens (primary N) is 1. The molecule has 1 aromatic carbocycles. The number of aromatic amines is 1. The number of benzene rings is 1. The smallest absolute Gasteiger partial charge is 0.128 e. The van der Waals surface area contributed by atoms with E-state index in [-0.39, 0.29) is 6.04 Å². The molecule has 15 heavy (non-hydrogen) atoms. The van der Waals surface area contributed by atoms with E-state index in [1.54, 1.807) is 0 Å². The van der Waals surface area contributed by atoms with E-state index < -0.39 is 0 Å². The van der Waals surface area contributed by atoms with E-state index in [4.69, 9.17) is 5.73 Å². The van der Waals surface area contributed by atoms with Gasteiger partial charge in [-0.05, 0) is 19.4 Å². The lowest BCUT2D eigenvalue weighted by Gasteiger charge is -2.08. The zero-order chi connectivity index (χ0) is 10.8. The highest BCUT2D eigenvalue weighted by Crippen LogP contribution is 2.17. The van der Waals surface area contributed by atoms with Gasteiger partial charge in [0.25, 0.3) is 0 Å². The van der Waals surface area contributed by atoms with Crippen LogP contribution in [0.1, 0.15) is 28.8 Å². The number of imidazole rings is 1. The van der Waals surface area contributed by atoms with Crippen molar-refractivity contribution < 1.29 is 0 Å². The molecule has 0 saturated carbocycles. The Kier molecular flexibility index (Phi) is 2.56. The molecule has 0 aliphatic heterocycles. The van der Waals surface area contributed by atoms with Gasteiger partial charge in [0, 0.05) is 5.69 Å². The summed E-state index contributed by atoms with van der Waals surface area (Å²) in [6.45, 7) is 3.98. The molecular formula is C12H15N3. The molecule has 3 heteroatoms. The Balaban J connectivity index is 2.32. The van der Waals surface area contributed by atoms with E-state index in [9.17, 15) is 0 Å². The maximum atomic E-state index is 6.10. The second-order valence-electron chi connectivity index (χ2n) is 3.72. The van der Waals surface area contributed by atoms with E-state index in [1.165, 1.54) is 0 Å². The van der Waals surface area contributed by atoms with Gasteiger partial charge in [-0.1, -0.05) is 30.3 Å². The fourth-order valence-electron chi connectivity index (χ4n) is 1.54. The van der Waals surface area contributed by atoms with E-state index in [2.05, 4.69) is 9.97 Å². The number of hydrogen-bond donors (Lipinski definition) is 2. The Hall–Kier alpha value is -1.61. The largest absolute Gasteiger partial charge is 0.344 e. The minimum atomic E-state index is -0.168. The minimum Gasteiger partial charge on any atom is -0.344 e. The van der Waals surface area contributed by atoms with Crippen molar-refractivity contribution in [3.05, 3.63) is 53.1 Å². The zero-order valence-electron chi connectivity index (χ0n) is 8.99. The summed E-state index contributed by atoms with van der Waals surface area (Å²) in [7, 11) is 0. The van der Waals surface area contributed by atoms with E-state index >= 15 is 0 Å². The van der Waals surface area contributed by atoms with Gasteiger partial charge in [0.15, 0.2) is 0 Å². The van der Waals surface area contributed by atoms with Crippen LogP contribution < -0.4 is 5.73 Å². The maximum absolute atomic E-state index is 6.10. The Morgan fingerprint density at radius 3 is 2.40 bits per heavy atom. The SMILES string of the molecule is Cc1nc(C(N)c2ccccc2)[nH]c1C. The molecule has 1 heterocycles. The van der Waals surface area contributed by atoms with Crippen LogP contribution in [0, 0.1) is 13.8 Å².